The third-order valence-corrected chi connectivity index (χ3v) is 9.44. The summed E-state index contributed by atoms with van der Waals surface area (Å²) >= 11 is 8.24. The minimum atomic E-state index is 1.01. The molecule has 2 heterocycles. The molecule has 2 aliphatic heterocycles. The van der Waals surface area contributed by atoms with Crippen molar-refractivity contribution in [2.45, 2.75) is 19.3 Å². The van der Waals surface area contributed by atoms with Crippen LogP contribution in [0.15, 0.2) is 48.5 Å². The van der Waals surface area contributed by atoms with E-state index in [9.17, 15) is 0 Å². The largest absolute Gasteiger partial charge is 0.353 e. The van der Waals surface area contributed by atoms with Gasteiger partial charge in [-0.1, -0.05) is 24.3 Å². The van der Waals surface area contributed by atoms with Crippen LogP contribution in [-0.4, -0.2) is 46.5 Å². The van der Waals surface area contributed by atoms with E-state index in [1.54, 1.807) is 0 Å². The summed E-state index contributed by atoms with van der Waals surface area (Å²) in [7, 11) is 0. The highest BCUT2D eigenvalue weighted by molar-refractivity contribution is 8.01. The second-order valence-electron chi connectivity index (χ2n) is 7.45. The molecule has 0 radical (unpaired) electrons. The Morgan fingerprint density at radius 2 is 0.862 bits per heavy atom. The normalized spacial score (nSPS) is 19.2. The molecule has 2 aromatic carbocycles. The molecule has 2 saturated heterocycles. The molecule has 0 atom stereocenters. The molecule has 2 nitrogen and oxygen atoms in total. The molecule has 2 aliphatic rings. The highest BCUT2D eigenvalue weighted by Crippen LogP contribution is 2.26. The Morgan fingerprint density at radius 3 is 1.21 bits per heavy atom. The monoisotopic (exact) mass is 462 g/mol. The van der Waals surface area contributed by atoms with E-state index in [0.717, 1.165) is 29.9 Å². The van der Waals surface area contributed by atoms with Crippen LogP contribution in [0.3, 0.4) is 0 Å². The first-order valence-corrected chi connectivity index (χ1v) is 15.0. The zero-order valence-corrected chi connectivity index (χ0v) is 20.2. The highest BCUT2D eigenvalue weighted by Gasteiger charge is 2.11. The standard InChI is InChI=1S/C23H30N2S4/c1-11-26-16-24(17-27-12-1)22-7-3-20(4-8-22)15-21-5-9-23(10-6-21)25-18-28-13-2-14-29-19-25/h3-10H,1-2,11-19H2. The van der Waals surface area contributed by atoms with E-state index in [1.807, 2.05) is 0 Å². The summed E-state index contributed by atoms with van der Waals surface area (Å²) < 4.78 is 0. The van der Waals surface area contributed by atoms with Gasteiger partial charge in [-0.15, -0.1) is 47.0 Å². The topological polar surface area (TPSA) is 6.48 Å². The molecule has 0 spiro atoms. The lowest BCUT2D eigenvalue weighted by Gasteiger charge is -2.26. The number of anilines is 2. The Hall–Kier alpha value is -0.560. The fourth-order valence-electron chi connectivity index (χ4n) is 3.48. The van der Waals surface area contributed by atoms with Gasteiger partial charge < -0.3 is 9.80 Å². The van der Waals surface area contributed by atoms with Gasteiger partial charge in [0.25, 0.3) is 0 Å². The molecule has 2 aromatic rings. The van der Waals surface area contributed by atoms with Crippen molar-refractivity contribution in [2.24, 2.45) is 0 Å². The lowest BCUT2D eigenvalue weighted by Crippen LogP contribution is -2.24. The lowest BCUT2D eigenvalue weighted by molar-refractivity contribution is 1.02. The highest BCUT2D eigenvalue weighted by atomic mass is 32.2. The number of benzene rings is 2. The minimum absolute atomic E-state index is 1.01. The van der Waals surface area contributed by atoms with Crippen LogP contribution >= 0.6 is 47.0 Å². The van der Waals surface area contributed by atoms with Crippen molar-refractivity contribution in [3.8, 4) is 0 Å². The smallest absolute Gasteiger partial charge is 0.0648 e. The van der Waals surface area contributed by atoms with Crippen LogP contribution in [0.4, 0.5) is 11.4 Å². The van der Waals surface area contributed by atoms with Gasteiger partial charge in [0, 0.05) is 11.4 Å². The van der Waals surface area contributed by atoms with Gasteiger partial charge in [-0.2, -0.15) is 0 Å². The van der Waals surface area contributed by atoms with Gasteiger partial charge >= 0.3 is 0 Å². The zero-order valence-electron chi connectivity index (χ0n) is 16.9. The molecule has 2 fully saturated rings. The molecule has 6 heteroatoms. The van der Waals surface area contributed by atoms with Crippen molar-refractivity contribution in [1.29, 1.82) is 0 Å². The SMILES string of the molecule is c1cc(N2CSCCCSC2)ccc1Cc1ccc(N2CSCCCSC2)cc1. The Bertz CT molecular complexity index is 656. The summed E-state index contributed by atoms with van der Waals surface area (Å²) in [5.74, 6) is 9.58. The Morgan fingerprint density at radius 1 is 0.517 bits per heavy atom. The van der Waals surface area contributed by atoms with Crippen molar-refractivity contribution in [3.63, 3.8) is 0 Å². The van der Waals surface area contributed by atoms with E-state index >= 15 is 0 Å². The summed E-state index contributed by atoms with van der Waals surface area (Å²) in [6.07, 6.45) is 3.69. The summed E-state index contributed by atoms with van der Waals surface area (Å²) in [4.78, 5) is 5.01. The Labute approximate surface area is 193 Å². The van der Waals surface area contributed by atoms with E-state index in [0.29, 0.717) is 0 Å². The van der Waals surface area contributed by atoms with Gasteiger partial charge in [0.05, 0.1) is 23.5 Å². The molecule has 4 rings (SSSR count). The molecule has 0 aromatic heterocycles. The third-order valence-electron chi connectivity index (χ3n) is 5.15. The van der Waals surface area contributed by atoms with E-state index < -0.39 is 0 Å². The minimum Gasteiger partial charge on any atom is -0.353 e. The number of hydrogen-bond acceptors (Lipinski definition) is 6. The predicted molar refractivity (Wildman–Crippen MR) is 139 cm³/mol. The van der Waals surface area contributed by atoms with Crippen molar-refractivity contribution in [2.75, 3.05) is 56.3 Å². The average molecular weight is 463 g/mol. The summed E-state index contributed by atoms with van der Waals surface area (Å²) in [6.45, 7) is 0. The fraction of sp³-hybridized carbons (Fsp3) is 0.478. The second-order valence-corrected chi connectivity index (χ2v) is 11.7. The van der Waals surface area contributed by atoms with Crippen LogP contribution in [0.1, 0.15) is 24.0 Å². The van der Waals surface area contributed by atoms with Crippen molar-refractivity contribution in [1.82, 2.24) is 0 Å². The van der Waals surface area contributed by atoms with Crippen LogP contribution in [0, 0.1) is 0 Å². The number of hydrogen-bond donors (Lipinski definition) is 0. The fourth-order valence-corrected chi connectivity index (χ4v) is 7.83. The summed E-state index contributed by atoms with van der Waals surface area (Å²) in [5, 5.41) is 0. The van der Waals surface area contributed by atoms with Crippen LogP contribution in [0.25, 0.3) is 0 Å². The zero-order chi connectivity index (χ0) is 19.7. The van der Waals surface area contributed by atoms with Crippen molar-refractivity contribution in [3.05, 3.63) is 59.7 Å². The van der Waals surface area contributed by atoms with Gasteiger partial charge in [-0.3, -0.25) is 0 Å². The lowest BCUT2D eigenvalue weighted by atomic mass is 10.0. The predicted octanol–water partition coefficient (Wildman–Crippen LogP) is 6.46. The Balaban J connectivity index is 1.35. The maximum Gasteiger partial charge on any atom is 0.0648 e. The summed E-state index contributed by atoms with van der Waals surface area (Å²) in [6, 6.07) is 18.5. The van der Waals surface area contributed by atoms with Crippen molar-refractivity contribution < 1.29 is 0 Å². The number of thioether (sulfide) groups is 4. The first kappa shape index (κ1) is 21.7. The molecule has 29 heavy (non-hydrogen) atoms. The van der Waals surface area contributed by atoms with E-state index in [2.05, 4.69) is 105 Å². The summed E-state index contributed by atoms with van der Waals surface area (Å²) in [5.41, 5.74) is 5.51. The average Bonchev–Trinajstić information content (AvgIpc) is 2.69. The molecule has 0 amide bonds. The van der Waals surface area contributed by atoms with Gasteiger partial charge in [0.2, 0.25) is 0 Å². The van der Waals surface area contributed by atoms with Crippen LogP contribution in [0.5, 0.6) is 0 Å². The molecule has 0 aliphatic carbocycles. The number of nitrogens with zero attached hydrogens (tertiary/aromatic N) is 2. The van der Waals surface area contributed by atoms with E-state index in [1.165, 1.54) is 58.4 Å². The van der Waals surface area contributed by atoms with Gasteiger partial charge in [-0.05, 0) is 77.7 Å². The first-order valence-electron chi connectivity index (χ1n) is 10.4. The molecule has 156 valence electrons. The maximum absolute atomic E-state index is 2.51. The van der Waals surface area contributed by atoms with Crippen LogP contribution in [-0.2, 0) is 6.42 Å². The molecule has 0 unspecified atom stereocenters. The maximum atomic E-state index is 2.51. The third kappa shape index (κ3) is 6.71. The van der Waals surface area contributed by atoms with Crippen molar-refractivity contribution >= 4 is 58.4 Å². The molecule has 0 bridgehead atoms. The second kappa shape index (κ2) is 11.7. The molecule has 0 saturated carbocycles. The Kier molecular flexibility index (Phi) is 8.76. The van der Waals surface area contributed by atoms with Gasteiger partial charge in [-0.25, -0.2) is 0 Å². The molecular weight excluding hydrogens is 433 g/mol. The van der Waals surface area contributed by atoms with Crippen LogP contribution < -0.4 is 9.80 Å². The van der Waals surface area contributed by atoms with E-state index in [4.69, 9.17) is 0 Å². The molecular formula is C23H30N2S4. The molecule has 0 N–H and O–H groups in total. The van der Waals surface area contributed by atoms with Gasteiger partial charge in [0.1, 0.15) is 0 Å². The van der Waals surface area contributed by atoms with Crippen LogP contribution in [0.2, 0.25) is 0 Å². The van der Waals surface area contributed by atoms with Gasteiger partial charge in [0.15, 0.2) is 0 Å². The first-order chi connectivity index (χ1) is 14.4. The number of rotatable bonds is 4. The quantitative estimate of drug-likeness (QED) is 0.511. The van der Waals surface area contributed by atoms with E-state index in [-0.39, 0.29) is 0 Å².